The highest BCUT2D eigenvalue weighted by atomic mass is 32.2. The highest BCUT2D eigenvalue weighted by Gasteiger charge is 2.38. The van der Waals surface area contributed by atoms with Gasteiger partial charge in [-0.1, -0.05) is 0 Å². The fraction of sp³-hybridized carbons (Fsp3) is 0.750. The first-order chi connectivity index (χ1) is 4.95. The Morgan fingerprint density at radius 2 is 2.27 bits per heavy atom. The highest BCUT2D eigenvalue weighted by Crippen LogP contribution is 2.08. The van der Waals surface area contributed by atoms with Crippen molar-refractivity contribution in [3.63, 3.8) is 0 Å². The summed E-state index contributed by atoms with van der Waals surface area (Å²) in [5, 5.41) is 8.47. The first-order valence-corrected chi connectivity index (χ1v) is 4.34. The summed E-state index contributed by atoms with van der Waals surface area (Å²) in [7, 11) is -2.29. The zero-order valence-electron chi connectivity index (χ0n) is 5.81. The van der Waals surface area contributed by atoms with Gasteiger partial charge in [-0.25, -0.2) is 0 Å². The van der Waals surface area contributed by atoms with Gasteiger partial charge in [0.25, 0.3) is 10.2 Å². The number of nitrogens with zero attached hydrogens (tertiary/aromatic N) is 1. The van der Waals surface area contributed by atoms with Gasteiger partial charge < -0.3 is 5.11 Å². The molecule has 0 bridgehead atoms. The molecule has 1 rings (SSSR count). The fourth-order valence-electron chi connectivity index (χ4n) is 0.825. The number of rotatable bonds is 1. The Morgan fingerprint density at radius 1 is 1.73 bits per heavy atom. The van der Waals surface area contributed by atoms with E-state index in [-0.39, 0.29) is 6.54 Å². The molecule has 1 fully saturated rings. The minimum absolute atomic E-state index is 0.0613. The number of carboxylic acid groups (broad SMARTS) is 1. The lowest BCUT2D eigenvalue weighted by Gasteiger charge is -2.10. The van der Waals surface area contributed by atoms with Crippen LogP contribution in [0.4, 0.5) is 0 Å². The molecule has 1 heterocycles. The lowest BCUT2D eigenvalue weighted by molar-refractivity contribution is -0.140. The molecule has 1 saturated heterocycles. The van der Waals surface area contributed by atoms with Gasteiger partial charge in [-0.15, -0.1) is 0 Å². The molecule has 6 nitrogen and oxygen atoms in total. The van der Waals surface area contributed by atoms with Gasteiger partial charge in [0.2, 0.25) is 0 Å². The Labute approximate surface area is 64.0 Å². The molecule has 0 radical (unpaired) electrons. The number of nitrogens with one attached hydrogen (secondary N) is 1. The molecule has 64 valence electrons. The van der Waals surface area contributed by atoms with E-state index in [0.717, 1.165) is 4.31 Å². The topological polar surface area (TPSA) is 86.7 Å². The molecule has 0 spiro atoms. The molecule has 7 heteroatoms. The fourth-order valence-corrected chi connectivity index (χ4v) is 1.90. The lowest BCUT2D eigenvalue weighted by atomic mass is 10.3. The molecular weight excluding hydrogens is 172 g/mol. The summed E-state index contributed by atoms with van der Waals surface area (Å²) in [6.45, 7) is -0.0613. The van der Waals surface area contributed by atoms with Crippen molar-refractivity contribution in [3.05, 3.63) is 0 Å². The predicted octanol–water partition coefficient (Wildman–Crippen LogP) is -1.78. The van der Waals surface area contributed by atoms with Crippen LogP contribution in [-0.4, -0.2) is 43.4 Å². The van der Waals surface area contributed by atoms with Gasteiger partial charge in [-0.2, -0.15) is 17.4 Å². The van der Waals surface area contributed by atoms with Crippen molar-refractivity contribution in [3.8, 4) is 0 Å². The average molecular weight is 180 g/mol. The van der Waals surface area contributed by atoms with E-state index in [1.165, 1.54) is 7.05 Å². The first-order valence-electron chi connectivity index (χ1n) is 2.90. The van der Waals surface area contributed by atoms with Crippen LogP contribution in [0.1, 0.15) is 0 Å². The van der Waals surface area contributed by atoms with Gasteiger partial charge in [0.05, 0.1) is 0 Å². The van der Waals surface area contributed by atoms with Crippen LogP contribution in [0.5, 0.6) is 0 Å². The predicted molar refractivity (Wildman–Crippen MR) is 36.1 cm³/mol. The second kappa shape index (κ2) is 2.43. The van der Waals surface area contributed by atoms with Crippen molar-refractivity contribution < 1.29 is 18.3 Å². The molecule has 0 aromatic rings. The summed E-state index contributed by atoms with van der Waals surface area (Å²) in [6.07, 6.45) is 0. The van der Waals surface area contributed by atoms with Gasteiger partial charge in [0.15, 0.2) is 0 Å². The highest BCUT2D eigenvalue weighted by molar-refractivity contribution is 7.87. The molecule has 0 amide bonds. The van der Waals surface area contributed by atoms with Gasteiger partial charge in [0, 0.05) is 13.6 Å². The molecule has 0 aromatic carbocycles. The second-order valence-corrected chi connectivity index (χ2v) is 4.04. The minimum atomic E-state index is -3.52. The van der Waals surface area contributed by atoms with Gasteiger partial charge >= 0.3 is 5.97 Å². The van der Waals surface area contributed by atoms with Crippen LogP contribution in [0.25, 0.3) is 0 Å². The maximum absolute atomic E-state index is 10.8. The average Bonchev–Trinajstić information content (AvgIpc) is 2.09. The second-order valence-electron chi connectivity index (χ2n) is 2.22. The number of carboxylic acids is 1. The smallest absolute Gasteiger partial charge is 0.323 e. The molecule has 0 saturated carbocycles. The summed E-state index contributed by atoms with van der Waals surface area (Å²) in [5.74, 6) is -1.14. The van der Waals surface area contributed by atoms with Crippen molar-refractivity contribution in [1.82, 2.24) is 9.03 Å². The molecule has 1 unspecified atom stereocenters. The molecule has 0 aliphatic carbocycles. The van der Waals surface area contributed by atoms with Crippen molar-refractivity contribution in [2.24, 2.45) is 0 Å². The third kappa shape index (κ3) is 1.35. The van der Waals surface area contributed by atoms with Gasteiger partial charge in [0.1, 0.15) is 6.04 Å². The first kappa shape index (κ1) is 8.44. The van der Waals surface area contributed by atoms with E-state index < -0.39 is 22.2 Å². The molecule has 1 aliphatic rings. The summed E-state index contributed by atoms with van der Waals surface area (Å²) in [6, 6.07) is -0.972. The zero-order chi connectivity index (χ0) is 8.65. The van der Waals surface area contributed by atoms with Crippen LogP contribution < -0.4 is 4.72 Å². The van der Waals surface area contributed by atoms with Gasteiger partial charge in [-0.3, -0.25) is 4.79 Å². The maximum atomic E-state index is 10.8. The SMILES string of the molecule is CN1C(C(=O)O)CNS1(=O)=O. The molecule has 1 atom stereocenters. The summed E-state index contributed by atoms with van der Waals surface area (Å²) < 4.78 is 24.6. The van der Waals surface area contributed by atoms with Crippen molar-refractivity contribution >= 4 is 16.2 Å². The Kier molecular flexibility index (Phi) is 1.87. The number of hydrogen-bond acceptors (Lipinski definition) is 3. The van der Waals surface area contributed by atoms with E-state index in [4.69, 9.17) is 5.11 Å². The number of carbonyl (C=O) groups is 1. The van der Waals surface area contributed by atoms with Crippen LogP contribution in [0.15, 0.2) is 0 Å². The third-order valence-electron chi connectivity index (χ3n) is 1.56. The third-order valence-corrected chi connectivity index (χ3v) is 3.11. The zero-order valence-corrected chi connectivity index (χ0v) is 6.63. The van der Waals surface area contributed by atoms with E-state index in [1.807, 2.05) is 0 Å². The van der Waals surface area contributed by atoms with Crippen LogP contribution >= 0.6 is 0 Å². The molecule has 11 heavy (non-hydrogen) atoms. The Morgan fingerprint density at radius 3 is 2.45 bits per heavy atom. The van der Waals surface area contributed by atoms with E-state index >= 15 is 0 Å². The van der Waals surface area contributed by atoms with Gasteiger partial charge in [-0.05, 0) is 0 Å². The van der Waals surface area contributed by atoms with E-state index in [9.17, 15) is 13.2 Å². The van der Waals surface area contributed by atoms with E-state index in [1.54, 1.807) is 0 Å². The van der Waals surface area contributed by atoms with E-state index in [0.29, 0.717) is 0 Å². The van der Waals surface area contributed by atoms with Crippen LogP contribution in [0.2, 0.25) is 0 Å². The lowest BCUT2D eigenvalue weighted by Crippen LogP contribution is -2.36. The van der Waals surface area contributed by atoms with Crippen molar-refractivity contribution in [1.29, 1.82) is 0 Å². The van der Waals surface area contributed by atoms with Crippen LogP contribution in [-0.2, 0) is 15.0 Å². The molecular formula is C4H8N2O4S. The Bertz CT molecular complexity index is 272. The maximum Gasteiger partial charge on any atom is 0.323 e. The number of hydrogen-bond donors (Lipinski definition) is 2. The molecule has 2 N–H and O–H groups in total. The molecule has 0 aromatic heterocycles. The summed E-state index contributed by atoms with van der Waals surface area (Å²) in [4.78, 5) is 10.4. The molecule has 1 aliphatic heterocycles. The van der Waals surface area contributed by atoms with E-state index in [2.05, 4.69) is 4.72 Å². The van der Waals surface area contributed by atoms with Crippen LogP contribution in [0.3, 0.4) is 0 Å². The Balaban J connectivity index is 2.88. The standard InChI is InChI=1S/C4H8N2O4S/c1-6-3(4(7)8)2-5-11(6,9)10/h3,5H,2H2,1H3,(H,7,8). The normalized spacial score (nSPS) is 30.5. The monoisotopic (exact) mass is 180 g/mol. The van der Waals surface area contributed by atoms with Crippen molar-refractivity contribution in [2.75, 3.05) is 13.6 Å². The van der Waals surface area contributed by atoms with Crippen LogP contribution in [0, 0.1) is 0 Å². The number of likely N-dealkylation sites (N-methyl/N-ethyl adjacent to an activating group) is 1. The quantitative estimate of drug-likeness (QED) is 0.499. The largest absolute Gasteiger partial charge is 0.480 e. The summed E-state index contributed by atoms with van der Waals surface area (Å²) in [5.41, 5.74) is 0. The Hall–Kier alpha value is -0.660. The number of aliphatic carboxylic acids is 1. The minimum Gasteiger partial charge on any atom is -0.480 e. The van der Waals surface area contributed by atoms with Crippen molar-refractivity contribution in [2.45, 2.75) is 6.04 Å². The summed E-state index contributed by atoms with van der Waals surface area (Å²) >= 11 is 0.